The molecule has 4 heterocycles. The first kappa shape index (κ1) is 27.5. The Morgan fingerprint density at radius 2 is 2.02 bits per heavy atom. The smallest absolute Gasteiger partial charge is 0.291 e. The molecule has 0 spiro atoms. The number of amides is 1. The second-order valence-corrected chi connectivity index (χ2v) is 10.8. The highest BCUT2D eigenvalue weighted by molar-refractivity contribution is 5.90. The number of anilines is 1. The zero-order chi connectivity index (χ0) is 29.2. The van der Waals surface area contributed by atoms with Gasteiger partial charge in [0.05, 0.1) is 17.6 Å². The van der Waals surface area contributed by atoms with Crippen LogP contribution in [0.4, 0.5) is 10.2 Å². The van der Waals surface area contributed by atoms with Crippen LogP contribution >= 0.6 is 0 Å². The van der Waals surface area contributed by atoms with E-state index in [0.29, 0.717) is 41.6 Å². The van der Waals surface area contributed by atoms with Gasteiger partial charge in [0.25, 0.3) is 5.91 Å². The average Bonchev–Trinajstić information content (AvgIpc) is 3.49. The Balaban J connectivity index is 1.31. The Hall–Kier alpha value is -4.67. The maximum atomic E-state index is 13.7. The maximum absolute atomic E-state index is 13.7. The van der Waals surface area contributed by atoms with Gasteiger partial charge in [-0.25, -0.2) is 14.4 Å². The highest BCUT2D eigenvalue weighted by Crippen LogP contribution is 2.45. The zero-order valence-corrected chi connectivity index (χ0v) is 23.8. The number of hydrogen-bond donors (Lipinski definition) is 2. The van der Waals surface area contributed by atoms with Crippen LogP contribution in [0.1, 0.15) is 73.7 Å². The molecule has 1 aliphatic rings. The third kappa shape index (κ3) is 5.34. The summed E-state index contributed by atoms with van der Waals surface area (Å²) in [5, 5.41) is 11.2. The largest absolute Gasteiger partial charge is 0.383 e. The molecule has 216 valence electrons. The van der Waals surface area contributed by atoms with E-state index < -0.39 is 0 Å². The van der Waals surface area contributed by atoms with E-state index in [1.807, 2.05) is 23.1 Å². The van der Waals surface area contributed by atoms with Crippen molar-refractivity contribution in [1.29, 1.82) is 0 Å². The minimum atomic E-state index is -0.301. The van der Waals surface area contributed by atoms with Crippen molar-refractivity contribution in [3.05, 3.63) is 78.0 Å². The number of nitrogens with one attached hydrogen (secondary N) is 1. The van der Waals surface area contributed by atoms with Gasteiger partial charge in [-0.05, 0) is 62.6 Å². The van der Waals surface area contributed by atoms with Gasteiger partial charge in [0.15, 0.2) is 5.65 Å². The van der Waals surface area contributed by atoms with Crippen molar-refractivity contribution in [2.75, 3.05) is 12.3 Å². The number of nitrogens with zero attached hydrogens (tertiary/aromatic N) is 7. The van der Waals surface area contributed by atoms with Gasteiger partial charge >= 0.3 is 0 Å². The first-order chi connectivity index (χ1) is 20.5. The Bertz CT molecular complexity index is 1690. The van der Waals surface area contributed by atoms with Crippen LogP contribution in [0.25, 0.3) is 28.0 Å². The number of nitrogen functional groups attached to an aromatic ring is 1. The van der Waals surface area contributed by atoms with Crippen LogP contribution in [-0.4, -0.2) is 58.2 Å². The summed E-state index contributed by atoms with van der Waals surface area (Å²) < 4.78 is 15.5. The quantitative estimate of drug-likeness (QED) is 0.217. The molecule has 1 aliphatic carbocycles. The van der Waals surface area contributed by atoms with E-state index in [1.54, 1.807) is 23.0 Å². The van der Waals surface area contributed by atoms with Crippen molar-refractivity contribution in [3.8, 4) is 22.4 Å². The molecule has 0 bridgehead atoms. The van der Waals surface area contributed by atoms with E-state index in [0.717, 1.165) is 54.5 Å². The molecule has 1 saturated carbocycles. The molecule has 6 rings (SSSR count). The fourth-order valence-electron chi connectivity index (χ4n) is 5.68. The van der Waals surface area contributed by atoms with Gasteiger partial charge in [-0.1, -0.05) is 32.0 Å². The topological polar surface area (TPSA) is 131 Å². The third-order valence-electron chi connectivity index (χ3n) is 7.95. The summed E-state index contributed by atoms with van der Waals surface area (Å²) in [6, 6.07) is 10.2. The molecule has 4 aromatic heterocycles. The molecule has 10 nitrogen and oxygen atoms in total. The molecule has 0 saturated heterocycles. The van der Waals surface area contributed by atoms with Gasteiger partial charge in [0.1, 0.15) is 18.0 Å². The van der Waals surface area contributed by atoms with Crippen LogP contribution in [0.3, 0.4) is 0 Å². The van der Waals surface area contributed by atoms with Gasteiger partial charge in [0, 0.05) is 41.0 Å². The van der Waals surface area contributed by atoms with Crippen molar-refractivity contribution in [2.24, 2.45) is 0 Å². The standard InChI is InChI=1S/C31H34FN9O/c1-3-14-40(31(42)29-35-18-36-39-29)23(4-2)11-13-26-27(19-8-9-19)28(33)41-30(38-26)24(17-37-41)21-10-12-25(34-16-21)20-6-5-7-22(32)15-20/h5-7,10,12,15-19,23H,3-4,8-9,11,13-14,33H2,1-2H3,(H,35,36,39)/t23-/m1/s1. The van der Waals surface area contributed by atoms with Crippen LogP contribution < -0.4 is 5.73 Å². The first-order valence-electron chi connectivity index (χ1n) is 14.5. The Kier molecular flexibility index (Phi) is 7.64. The first-order valence-corrected chi connectivity index (χ1v) is 14.5. The normalized spacial score (nSPS) is 13.9. The lowest BCUT2D eigenvalue weighted by molar-refractivity contribution is 0.0650. The minimum absolute atomic E-state index is 0.0119. The Morgan fingerprint density at radius 1 is 1.17 bits per heavy atom. The van der Waals surface area contributed by atoms with Gasteiger partial charge in [-0.2, -0.15) is 14.7 Å². The van der Waals surface area contributed by atoms with E-state index in [1.165, 1.54) is 18.5 Å². The molecule has 0 aliphatic heterocycles. The number of carbonyl (C=O) groups excluding carboxylic acids is 1. The van der Waals surface area contributed by atoms with Crippen molar-refractivity contribution in [2.45, 2.75) is 64.3 Å². The number of aromatic nitrogens is 7. The van der Waals surface area contributed by atoms with Crippen LogP contribution in [0, 0.1) is 5.82 Å². The van der Waals surface area contributed by atoms with E-state index in [4.69, 9.17) is 10.7 Å². The zero-order valence-electron chi connectivity index (χ0n) is 23.8. The van der Waals surface area contributed by atoms with Crippen molar-refractivity contribution < 1.29 is 9.18 Å². The molecule has 42 heavy (non-hydrogen) atoms. The fraction of sp³-hybridized carbons (Fsp3) is 0.355. The number of fused-ring (bicyclic) bond motifs is 1. The van der Waals surface area contributed by atoms with Crippen LogP contribution in [-0.2, 0) is 6.42 Å². The highest BCUT2D eigenvalue weighted by Gasteiger charge is 2.32. The Labute approximate surface area is 243 Å². The number of aryl methyl sites for hydroxylation is 1. The molecule has 1 aromatic carbocycles. The van der Waals surface area contributed by atoms with Crippen LogP contribution in [0.15, 0.2) is 55.1 Å². The van der Waals surface area contributed by atoms with Gasteiger partial charge in [0.2, 0.25) is 5.82 Å². The summed E-state index contributed by atoms with van der Waals surface area (Å²) in [4.78, 5) is 29.0. The third-order valence-corrected chi connectivity index (χ3v) is 7.95. The molecule has 3 N–H and O–H groups in total. The van der Waals surface area contributed by atoms with Gasteiger partial charge in [-0.15, -0.1) is 0 Å². The number of hydrogen-bond acceptors (Lipinski definition) is 7. The summed E-state index contributed by atoms with van der Waals surface area (Å²) in [6.45, 7) is 4.80. The number of aromatic amines is 1. The fourth-order valence-corrected chi connectivity index (χ4v) is 5.68. The van der Waals surface area contributed by atoms with Gasteiger partial charge < -0.3 is 10.6 Å². The summed E-state index contributed by atoms with van der Waals surface area (Å²) in [7, 11) is 0. The van der Waals surface area contributed by atoms with Crippen molar-refractivity contribution in [1.82, 2.24) is 39.7 Å². The predicted molar refractivity (Wildman–Crippen MR) is 158 cm³/mol. The Morgan fingerprint density at radius 3 is 2.69 bits per heavy atom. The number of benzene rings is 1. The SMILES string of the molecule is CCCN(C(=O)c1ncn[nH]1)[C@H](CC)CCc1nc2c(-c3ccc(-c4cccc(F)c4)nc3)cnn2c(N)c1C1CC1. The number of pyridine rings is 1. The highest BCUT2D eigenvalue weighted by atomic mass is 19.1. The lowest BCUT2D eigenvalue weighted by Gasteiger charge is -2.30. The van der Waals surface area contributed by atoms with Crippen LogP contribution in [0.5, 0.6) is 0 Å². The minimum Gasteiger partial charge on any atom is -0.383 e. The molecule has 1 amide bonds. The van der Waals surface area contributed by atoms with Crippen LogP contribution in [0.2, 0.25) is 0 Å². The molecule has 11 heteroatoms. The summed E-state index contributed by atoms with van der Waals surface area (Å²) >= 11 is 0. The van der Waals surface area contributed by atoms with Crippen molar-refractivity contribution in [3.63, 3.8) is 0 Å². The average molecular weight is 568 g/mol. The number of nitrogens with two attached hydrogens (primary N) is 1. The molecular weight excluding hydrogens is 533 g/mol. The predicted octanol–water partition coefficient (Wildman–Crippen LogP) is 5.44. The number of carbonyl (C=O) groups is 1. The molecule has 1 fully saturated rings. The molecule has 1 atom stereocenters. The van der Waals surface area contributed by atoms with E-state index in [2.05, 4.69) is 39.1 Å². The van der Waals surface area contributed by atoms with E-state index in [-0.39, 0.29) is 23.6 Å². The van der Waals surface area contributed by atoms with Crippen molar-refractivity contribution >= 4 is 17.4 Å². The number of H-pyrrole nitrogens is 1. The summed E-state index contributed by atoms with van der Waals surface area (Å²) in [5.41, 5.74) is 12.5. The monoisotopic (exact) mass is 567 g/mol. The molecule has 0 radical (unpaired) electrons. The summed E-state index contributed by atoms with van der Waals surface area (Å²) in [6.07, 6.45) is 10.1. The second kappa shape index (κ2) is 11.7. The second-order valence-electron chi connectivity index (χ2n) is 10.8. The number of halogens is 1. The molecular formula is C31H34FN9O. The van der Waals surface area contributed by atoms with Gasteiger partial charge in [-0.3, -0.25) is 14.9 Å². The molecule has 0 unspecified atom stereocenters. The maximum Gasteiger partial charge on any atom is 0.291 e. The van der Waals surface area contributed by atoms with E-state index in [9.17, 15) is 9.18 Å². The number of rotatable bonds is 11. The van der Waals surface area contributed by atoms with E-state index >= 15 is 0 Å². The lowest BCUT2D eigenvalue weighted by Crippen LogP contribution is -2.41. The summed E-state index contributed by atoms with van der Waals surface area (Å²) in [5.74, 6) is 0.804. The lowest BCUT2D eigenvalue weighted by atomic mass is 10.00. The molecule has 5 aromatic rings.